The van der Waals surface area contributed by atoms with Crippen molar-refractivity contribution in [1.82, 2.24) is 4.98 Å². The number of nitro groups is 1. The zero-order valence-electron chi connectivity index (χ0n) is 16.2. The summed E-state index contributed by atoms with van der Waals surface area (Å²) in [6.45, 7) is 2.65. The largest absolute Gasteiger partial charge is 0.436 e. The van der Waals surface area contributed by atoms with Gasteiger partial charge in [-0.2, -0.15) is 0 Å². The van der Waals surface area contributed by atoms with Crippen LogP contribution in [0.5, 0.6) is 0 Å². The number of non-ortho nitro benzene ring substituents is 1. The Hall–Kier alpha value is -3.71. The molecule has 0 bridgehead atoms. The molecule has 0 saturated carbocycles. The lowest BCUT2D eigenvalue weighted by Gasteiger charge is -2.29. The van der Waals surface area contributed by atoms with Crippen LogP contribution in [0.2, 0.25) is 0 Å². The highest BCUT2D eigenvalue weighted by Gasteiger charge is 2.22. The highest BCUT2D eigenvalue weighted by molar-refractivity contribution is 5.85. The Bertz CT molecular complexity index is 1210. The van der Waals surface area contributed by atoms with Crippen molar-refractivity contribution in [2.75, 3.05) is 31.2 Å². The molecule has 0 aliphatic carbocycles. The SMILES string of the molecule is O=[N+]([O-])c1ccc(N2CCOCC2)c(-c2nc3cc(-c4ccccc4)ccc3o2)c1. The van der Waals surface area contributed by atoms with E-state index < -0.39 is 4.92 Å². The number of oxazole rings is 1. The van der Waals surface area contributed by atoms with Crippen molar-refractivity contribution < 1.29 is 14.1 Å². The van der Waals surface area contributed by atoms with E-state index in [0.29, 0.717) is 48.9 Å². The molecule has 1 aliphatic rings. The predicted octanol–water partition coefficient (Wildman–Crippen LogP) is 4.91. The van der Waals surface area contributed by atoms with Gasteiger partial charge in [-0.15, -0.1) is 0 Å². The molecule has 0 N–H and O–H groups in total. The Morgan fingerprint density at radius 1 is 0.933 bits per heavy atom. The predicted molar refractivity (Wildman–Crippen MR) is 115 cm³/mol. The van der Waals surface area contributed by atoms with Crippen LogP contribution in [0.15, 0.2) is 71.1 Å². The van der Waals surface area contributed by atoms with Crippen molar-refractivity contribution in [3.8, 4) is 22.6 Å². The molecule has 7 heteroatoms. The molecule has 2 heterocycles. The molecule has 0 unspecified atom stereocenters. The number of morpholine rings is 1. The summed E-state index contributed by atoms with van der Waals surface area (Å²) in [4.78, 5) is 17.8. The number of nitro benzene ring substituents is 1. The summed E-state index contributed by atoms with van der Waals surface area (Å²) in [5.74, 6) is 0.375. The number of fused-ring (bicyclic) bond motifs is 1. The van der Waals surface area contributed by atoms with Crippen molar-refractivity contribution in [1.29, 1.82) is 0 Å². The fraction of sp³-hybridized carbons (Fsp3) is 0.174. The summed E-state index contributed by atoms with van der Waals surface area (Å²) in [5.41, 5.74) is 4.97. The normalized spacial score (nSPS) is 14.2. The maximum absolute atomic E-state index is 11.4. The fourth-order valence-electron chi connectivity index (χ4n) is 3.74. The van der Waals surface area contributed by atoms with E-state index in [-0.39, 0.29) is 5.69 Å². The summed E-state index contributed by atoms with van der Waals surface area (Å²) in [6, 6.07) is 20.7. The van der Waals surface area contributed by atoms with Crippen LogP contribution >= 0.6 is 0 Å². The van der Waals surface area contributed by atoms with Crippen molar-refractivity contribution >= 4 is 22.5 Å². The minimum Gasteiger partial charge on any atom is -0.436 e. The molecule has 1 saturated heterocycles. The lowest BCUT2D eigenvalue weighted by Crippen LogP contribution is -2.36. The van der Waals surface area contributed by atoms with Gasteiger partial charge in [0.1, 0.15) is 5.52 Å². The minimum atomic E-state index is -0.400. The van der Waals surface area contributed by atoms with E-state index in [1.54, 1.807) is 6.07 Å². The average molecular weight is 401 g/mol. The van der Waals surface area contributed by atoms with Gasteiger partial charge in [-0.25, -0.2) is 4.98 Å². The summed E-state index contributed by atoms with van der Waals surface area (Å²) in [5, 5.41) is 11.4. The molecule has 1 fully saturated rings. The number of benzene rings is 3. The summed E-state index contributed by atoms with van der Waals surface area (Å²) in [7, 11) is 0. The second kappa shape index (κ2) is 7.61. The zero-order chi connectivity index (χ0) is 20.5. The Morgan fingerprint density at radius 3 is 2.50 bits per heavy atom. The van der Waals surface area contributed by atoms with Gasteiger partial charge in [0.25, 0.3) is 5.69 Å². The highest BCUT2D eigenvalue weighted by atomic mass is 16.6. The molecule has 0 atom stereocenters. The third kappa shape index (κ3) is 3.40. The second-order valence-electron chi connectivity index (χ2n) is 7.13. The van der Waals surface area contributed by atoms with Crippen LogP contribution in [0.1, 0.15) is 0 Å². The molecule has 1 aromatic heterocycles. The second-order valence-corrected chi connectivity index (χ2v) is 7.13. The molecular formula is C23H19N3O4. The van der Waals surface area contributed by atoms with Crippen LogP contribution in [0, 0.1) is 10.1 Å². The number of hydrogen-bond acceptors (Lipinski definition) is 6. The van der Waals surface area contributed by atoms with E-state index in [1.807, 2.05) is 48.5 Å². The number of aromatic nitrogens is 1. The van der Waals surface area contributed by atoms with Gasteiger partial charge in [0.2, 0.25) is 5.89 Å². The molecule has 30 heavy (non-hydrogen) atoms. The number of rotatable bonds is 4. The van der Waals surface area contributed by atoms with E-state index >= 15 is 0 Å². The first-order valence-corrected chi connectivity index (χ1v) is 9.76. The standard InChI is InChI=1S/C23H19N3O4/c27-26(28)18-7-8-21(25-10-12-29-13-11-25)19(15-18)23-24-20-14-17(6-9-22(20)30-23)16-4-2-1-3-5-16/h1-9,14-15H,10-13H2. The lowest BCUT2D eigenvalue weighted by molar-refractivity contribution is -0.384. The Kier molecular flexibility index (Phi) is 4.65. The van der Waals surface area contributed by atoms with Crippen LogP contribution in [-0.4, -0.2) is 36.2 Å². The third-order valence-corrected chi connectivity index (χ3v) is 5.27. The number of anilines is 1. The van der Waals surface area contributed by atoms with E-state index in [2.05, 4.69) is 9.88 Å². The first-order valence-electron chi connectivity index (χ1n) is 9.76. The molecular weight excluding hydrogens is 382 g/mol. The van der Waals surface area contributed by atoms with Gasteiger partial charge < -0.3 is 14.1 Å². The van der Waals surface area contributed by atoms with Gasteiger partial charge >= 0.3 is 0 Å². The van der Waals surface area contributed by atoms with Crippen LogP contribution in [0.3, 0.4) is 0 Å². The van der Waals surface area contributed by atoms with Gasteiger partial charge in [-0.1, -0.05) is 36.4 Å². The third-order valence-electron chi connectivity index (χ3n) is 5.27. The quantitative estimate of drug-likeness (QED) is 0.357. The molecule has 7 nitrogen and oxygen atoms in total. The van der Waals surface area contributed by atoms with Crippen molar-refractivity contribution in [3.05, 3.63) is 76.8 Å². The average Bonchev–Trinajstić information content (AvgIpc) is 3.23. The van der Waals surface area contributed by atoms with E-state index in [0.717, 1.165) is 16.8 Å². The topological polar surface area (TPSA) is 81.6 Å². The van der Waals surface area contributed by atoms with Crippen molar-refractivity contribution in [2.24, 2.45) is 0 Å². The van der Waals surface area contributed by atoms with Crippen LogP contribution in [0.4, 0.5) is 11.4 Å². The highest BCUT2D eigenvalue weighted by Crippen LogP contribution is 2.36. The summed E-state index contributed by atoms with van der Waals surface area (Å²) >= 11 is 0. The van der Waals surface area contributed by atoms with E-state index in [1.165, 1.54) is 12.1 Å². The van der Waals surface area contributed by atoms with Gasteiger partial charge in [-0.05, 0) is 29.3 Å². The van der Waals surface area contributed by atoms with Gasteiger partial charge in [0.15, 0.2) is 5.58 Å². The smallest absolute Gasteiger partial charge is 0.270 e. The zero-order valence-corrected chi connectivity index (χ0v) is 16.2. The molecule has 5 rings (SSSR count). The number of nitrogens with zero attached hydrogens (tertiary/aromatic N) is 3. The molecule has 150 valence electrons. The Balaban J connectivity index is 1.61. The molecule has 0 radical (unpaired) electrons. The van der Waals surface area contributed by atoms with Crippen LogP contribution in [0.25, 0.3) is 33.7 Å². The summed E-state index contributed by atoms with van der Waals surface area (Å²) < 4.78 is 11.5. The maximum atomic E-state index is 11.4. The van der Waals surface area contributed by atoms with Gasteiger partial charge in [0, 0.05) is 25.2 Å². The van der Waals surface area contributed by atoms with Crippen molar-refractivity contribution in [2.45, 2.75) is 0 Å². The Labute approximate surface area is 172 Å². The fourth-order valence-corrected chi connectivity index (χ4v) is 3.74. The molecule has 0 amide bonds. The van der Waals surface area contributed by atoms with E-state index in [4.69, 9.17) is 9.15 Å². The monoisotopic (exact) mass is 401 g/mol. The molecule has 0 spiro atoms. The number of ether oxygens (including phenoxy) is 1. The lowest BCUT2D eigenvalue weighted by atomic mass is 10.1. The Morgan fingerprint density at radius 2 is 1.73 bits per heavy atom. The first kappa shape index (κ1) is 18.3. The molecule has 3 aromatic carbocycles. The van der Waals surface area contributed by atoms with Crippen LogP contribution in [-0.2, 0) is 4.74 Å². The summed E-state index contributed by atoms with van der Waals surface area (Å²) in [6.07, 6.45) is 0. The van der Waals surface area contributed by atoms with Gasteiger partial charge in [0.05, 0.1) is 29.4 Å². The van der Waals surface area contributed by atoms with E-state index in [9.17, 15) is 10.1 Å². The van der Waals surface area contributed by atoms with Crippen molar-refractivity contribution in [3.63, 3.8) is 0 Å². The maximum Gasteiger partial charge on any atom is 0.270 e. The minimum absolute atomic E-state index is 0.00856. The molecule has 1 aliphatic heterocycles. The van der Waals surface area contributed by atoms with Crippen LogP contribution < -0.4 is 4.90 Å². The number of hydrogen-bond donors (Lipinski definition) is 0. The molecule has 4 aromatic rings. The van der Waals surface area contributed by atoms with Gasteiger partial charge in [-0.3, -0.25) is 10.1 Å². The first-order chi connectivity index (χ1) is 14.7.